The number of hydrogen-bond donors (Lipinski definition) is 1. The average Bonchev–Trinajstić information content (AvgIpc) is 2.89. The molecule has 4 nitrogen and oxygen atoms in total. The zero-order valence-corrected chi connectivity index (χ0v) is 13.6. The van der Waals surface area contributed by atoms with Gasteiger partial charge in [0.25, 0.3) is 0 Å². The Kier molecular flexibility index (Phi) is 4.48. The maximum atomic E-state index is 6.17. The first kappa shape index (κ1) is 15.1. The van der Waals surface area contributed by atoms with E-state index in [9.17, 15) is 0 Å². The third kappa shape index (κ3) is 3.17. The van der Waals surface area contributed by atoms with Crippen molar-refractivity contribution in [2.75, 3.05) is 12.3 Å². The highest BCUT2D eigenvalue weighted by atomic mass is 15.3. The van der Waals surface area contributed by atoms with E-state index in [0.29, 0.717) is 11.9 Å². The Morgan fingerprint density at radius 3 is 2.73 bits per heavy atom. The van der Waals surface area contributed by atoms with Crippen molar-refractivity contribution in [3.63, 3.8) is 0 Å². The van der Waals surface area contributed by atoms with Crippen molar-refractivity contribution >= 4 is 5.82 Å². The van der Waals surface area contributed by atoms with Crippen LogP contribution in [0.4, 0.5) is 5.82 Å². The molecule has 2 aromatic rings. The number of piperidine rings is 1. The van der Waals surface area contributed by atoms with E-state index in [1.165, 1.54) is 37.8 Å². The minimum atomic E-state index is 0.694. The quantitative estimate of drug-likeness (QED) is 0.939. The van der Waals surface area contributed by atoms with E-state index in [1.807, 2.05) is 10.7 Å². The minimum Gasteiger partial charge on any atom is -0.384 e. The van der Waals surface area contributed by atoms with Gasteiger partial charge in [-0.25, -0.2) is 4.68 Å². The summed E-state index contributed by atoms with van der Waals surface area (Å²) in [5.41, 5.74) is 9.51. The van der Waals surface area contributed by atoms with Gasteiger partial charge in [0.05, 0.1) is 11.4 Å². The molecule has 0 aliphatic carbocycles. The lowest BCUT2D eigenvalue weighted by molar-refractivity contribution is 0.134. The van der Waals surface area contributed by atoms with Crippen molar-refractivity contribution in [1.82, 2.24) is 14.7 Å². The number of nitrogens with zero attached hydrogens (tertiary/aromatic N) is 3. The van der Waals surface area contributed by atoms with Gasteiger partial charge >= 0.3 is 0 Å². The molecule has 2 heterocycles. The van der Waals surface area contributed by atoms with E-state index >= 15 is 0 Å². The second-order valence-electron chi connectivity index (χ2n) is 6.34. The van der Waals surface area contributed by atoms with Gasteiger partial charge in [-0.1, -0.05) is 31.0 Å². The van der Waals surface area contributed by atoms with Crippen LogP contribution < -0.4 is 5.73 Å². The molecule has 0 radical (unpaired) electrons. The number of aryl methyl sites for hydroxylation is 1. The number of nitrogens with two attached hydrogens (primary N) is 1. The first-order valence-electron chi connectivity index (χ1n) is 8.33. The third-order valence-electron chi connectivity index (χ3n) is 4.65. The molecule has 1 aliphatic rings. The zero-order valence-electron chi connectivity index (χ0n) is 13.6. The van der Waals surface area contributed by atoms with Crippen LogP contribution in [0, 0.1) is 6.92 Å². The van der Waals surface area contributed by atoms with Crippen LogP contribution in [-0.2, 0) is 6.54 Å². The molecule has 2 N–H and O–H groups in total. The topological polar surface area (TPSA) is 47.1 Å². The van der Waals surface area contributed by atoms with Crippen LogP contribution in [0.3, 0.4) is 0 Å². The Morgan fingerprint density at radius 2 is 2.00 bits per heavy atom. The summed E-state index contributed by atoms with van der Waals surface area (Å²) in [5.74, 6) is 0.712. The van der Waals surface area contributed by atoms with Gasteiger partial charge in [0.1, 0.15) is 5.82 Å². The molecule has 0 saturated carbocycles. The SMILES string of the molecule is CCC1CCCCN1Cc1cc(N)n(-c2ccc(C)cc2)n1. The highest BCUT2D eigenvalue weighted by Gasteiger charge is 2.22. The molecular formula is C18H26N4. The highest BCUT2D eigenvalue weighted by molar-refractivity contribution is 5.43. The summed E-state index contributed by atoms with van der Waals surface area (Å²) in [7, 11) is 0. The van der Waals surface area contributed by atoms with Crippen LogP contribution in [0.25, 0.3) is 5.69 Å². The molecule has 1 saturated heterocycles. The standard InChI is InChI=1S/C18H26N4/c1-3-16-6-4-5-11-21(16)13-15-12-18(19)22(20-15)17-9-7-14(2)8-10-17/h7-10,12,16H,3-6,11,13,19H2,1-2H3. The summed E-state index contributed by atoms with van der Waals surface area (Å²) in [6.45, 7) is 6.45. The summed E-state index contributed by atoms with van der Waals surface area (Å²) in [6, 6.07) is 11.0. The first-order valence-corrected chi connectivity index (χ1v) is 8.33. The maximum Gasteiger partial charge on any atom is 0.127 e. The third-order valence-corrected chi connectivity index (χ3v) is 4.65. The number of anilines is 1. The van der Waals surface area contributed by atoms with Crippen LogP contribution in [0.5, 0.6) is 0 Å². The molecule has 3 rings (SSSR count). The fraction of sp³-hybridized carbons (Fsp3) is 0.500. The molecule has 0 amide bonds. The van der Waals surface area contributed by atoms with Crippen molar-refractivity contribution < 1.29 is 0 Å². The average molecular weight is 298 g/mol. The fourth-order valence-electron chi connectivity index (χ4n) is 3.36. The van der Waals surface area contributed by atoms with Crippen molar-refractivity contribution in [2.45, 2.75) is 52.1 Å². The molecule has 118 valence electrons. The van der Waals surface area contributed by atoms with Crippen molar-refractivity contribution in [2.24, 2.45) is 0 Å². The van der Waals surface area contributed by atoms with E-state index in [4.69, 9.17) is 10.8 Å². The fourth-order valence-corrected chi connectivity index (χ4v) is 3.36. The molecule has 1 fully saturated rings. The number of hydrogen-bond acceptors (Lipinski definition) is 3. The Labute approximate surface area is 132 Å². The van der Waals surface area contributed by atoms with Gasteiger partial charge in [0.15, 0.2) is 0 Å². The molecule has 0 bridgehead atoms. The summed E-state index contributed by atoms with van der Waals surface area (Å²) < 4.78 is 1.85. The van der Waals surface area contributed by atoms with Gasteiger partial charge < -0.3 is 5.73 Å². The van der Waals surface area contributed by atoms with Gasteiger partial charge in [-0.2, -0.15) is 5.10 Å². The molecule has 1 aliphatic heterocycles. The first-order chi connectivity index (χ1) is 10.7. The normalized spacial score (nSPS) is 19.5. The lowest BCUT2D eigenvalue weighted by atomic mass is 10.00. The van der Waals surface area contributed by atoms with E-state index in [1.54, 1.807) is 0 Å². The highest BCUT2D eigenvalue weighted by Crippen LogP contribution is 2.23. The number of benzene rings is 1. The molecule has 1 aromatic heterocycles. The number of rotatable bonds is 4. The smallest absolute Gasteiger partial charge is 0.127 e. The van der Waals surface area contributed by atoms with Crippen LogP contribution >= 0.6 is 0 Å². The molecule has 22 heavy (non-hydrogen) atoms. The summed E-state index contributed by atoms with van der Waals surface area (Å²) in [6.07, 6.45) is 5.18. The molecule has 0 spiro atoms. The van der Waals surface area contributed by atoms with Gasteiger partial charge in [-0.3, -0.25) is 4.90 Å². The van der Waals surface area contributed by atoms with E-state index in [0.717, 1.165) is 17.9 Å². The molecule has 1 unspecified atom stereocenters. The Hall–Kier alpha value is -1.81. The second kappa shape index (κ2) is 6.53. The predicted molar refractivity (Wildman–Crippen MR) is 91.1 cm³/mol. The second-order valence-corrected chi connectivity index (χ2v) is 6.34. The lowest BCUT2D eigenvalue weighted by Gasteiger charge is -2.34. The lowest BCUT2D eigenvalue weighted by Crippen LogP contribution is -2.38. The van der Waals surface area contributed by atoms with Crippen molar-refractivity contribution in [1.29, 1.82) is 0 Å². The monoisotopic (exact) mass is 298 g/mol. The molecule has 1 aromatic carbocycles. The van der Waals surface area contributed by atoms with Crippen LogP contribution in [0.2, 0.25) is 0 Å². The molecular weight excluding hydrogens is 272 g/mol. The van der Waals surface area contributed by atoms with Crippen LogP contribution in [-0.4, -0.2) is 27.3 Å². The predicted octanol–water partition coefficient (Wildman–Crippen LogP) is 3.53. The minimum absolute atomic E-state index is 0.694. The van der Waals surface area contributed by atoms with Crippen molar-refractivity contribution in [3.05, 3.63) is 41.6 Å². The number of aromatic nitrogens is 2. The number of likely N-dealkylation sites (tertiary alicyclic amines) is 1. The van der Waals surface area contributed by atoms with E-state index < -0.39 is 0 Å². The molecule has 4 heteroatoms. The number of nitrogen functional groups attached to an aromatic ring is 1. The Bertz CT molecular complexity index is 615. The van der Waals surface area contributed by atoms with Crippen molar-refractivity contribution in [3.8, 4) is 5.69 Å². The van der Waals surface area contributed by atoms with E-state index in [-0.39, 0.29) is 0 Å². The summed E-state index contributed by atoms with van der Waals surface area (Å²) >= 11 is 0. The van der Waals surface area contributed by atoms with Gasteiger partial charge in [-0.05, 0) is 44.9 Å². The van der Waals surface area contributed by atoms with Crippen LogP contribution in [0.1, 0.15) is 43.9 Å². The van der Waals surface area contributed by atoms with Gasteiger partial charge in [0, 0.05) is 18.7 Å². The van der Waals surface area contributed by atoms with Gasteiger partial charge in [0.2, 0.25) is 0 Å². The largest absolute Gasteiger partial charge is 0.384 e. The molecule has 1 atom stereocenters. The summed E-state index contributed by atoms with van der Waals surface area (Å²) in [4.78, 5) is 2.56. The summed E-state index contributed by atoms with van der Waals surface area (Å²) in [5, 5.41) is 4.72. The Morgan fingerprint density at radius 1 is 1.23 bits per heavy atom. The van der Waals surface area contributed by atoms with E-state index in [2.05, 4.69) is 43.0 Å². The zero-order chi connectivity index (χ0) is 15.5. The maximum absolute atomic E-state index is 6.17. The van der Waals surface area contributed by atoms with Gasteiger partial charge in [-0.15, -0.1) is 0 Å². The van der Waals surface area contributed by atoms with Crippen LogP contribution in [0.15, 0.2) is 30.3 Å². The Balaban J connectivity index is 1.78.